The van der Waals surface area contributed by atoms with Crippen molar-refractivity contribution >= 4 is 23.4 Å². The van der Waals surface area contributed by atoms with Gasteiger partial charge in [-0.3, -0.25) is 14.5 Å². The summed E-state index contributed by atoms with van der Waals surface area (Å²) in [5, 5.41) is 7.74. The number of piperidine rings is 1. The summed E-state index contributed by atoms with van der Waals surface area (Å²) in [7, 11) is 0. The van der Waals surface area contributed by atoms with Gasteiger partial charge in [0.25, 0.3) is 5.91 Å². The van der Waals surface area contributed by atoms with Crippen LogP contribution in [0.3, 0.4) is 0 Å². The predicted molar refractivity (Wildman–Crippen MR) is 99.4 cm³/mol. The van der Waals surface area contributed by atoms with Gasteiger partial charge in [-0.25, -0.2) is 4.68 Å². The molecule has 0 saturated carbocycles. The highest BCUT2D eigenvalue weighted by Gasteiger charge is 2.26. The fraction of sp³-hybridized carbons (Fsp3) is 0.389. The van der Waals surface area contributed by atoms with E-state index in [-0.39, 0.29) is 24.4 Å². The van der Waals surface area contributed by atoms with Crippen LogP contribution in [0.4, 0.5) is 0 Å². The first kappa shape index (κ1) is 18.4. The van der Waals surface area contributed by atoms with Gasteiger partial charge in [-0.1, -0.05) is 29.8 Å². The van der Waals surface area contributed by atoms with Crippen molar-refractivity contribution in [2.24, 2.45) is 5.73 Å². The average molecular weight is 376 g/mol. The van der Waals surface area contributed by atoms with Crippen LogP contribution in [-0.4, -0.2) is 52.2 Å². The summed E-state index contributed by atoms with van der Waals surface area (Å²) in [6, 6.07) is 9.50. The summed E-state index contributed by atoms with van der Waals surface area (Å²) < 4.78 is 1.57. The molecular formula is C18H22ClN5O2. The molecule has 0 unspecified atom stereocenters. The minimum Gasteiger partial charge on any atom is -0.369 e. The lowest BCUT2D eigenvalue weighted by Crippen LogP contribution is -2.46. The average Bonchev–Trinajstić information content (AvgIpc) is 2.91. The number of amides is 2. The molecule has 0 atom stereocenters. The fourth-order valence-electron chi connectivity index (χ4n) is 3.21. The van der Waals surface area contributed by atoms with E-state index in [0.29, 0.717) is 16.4 Å². The van der Waals surface area contributed by atoms with E-state index in [1.54, 1.807) is 11.6 Å². The van der Waals surface area contributed by atoms with E-state index < -0.39 is 0 Å². The van der Waals surface area contributed by atoms with Gasteiger partial charge in [0.1, 0.15) is 5.15 Å². The van der Waals surface area contributed by atoms with Crippen LogP contribution in [0.15, 0.2) is 30.3 Å². The molecule has 0 aliphatic carbocycles. The number of hydrogen-bond donors (Lipinski definition) is 2. The largest absolute Gasteiger partial charge is 0.369 e. The van der Waals surface area contributed by atoms with E-state index in [1.807, 2.05) is 35.2 Å². The maximum Gasteiger partial charge on any atom is 0.256 e. The van der Waals surface area contributed by atoms with Gasteiger partial charge >= 0.3 is 0 Å². The first-order chi connectivity index (χ1) is 12.5. The lowest BCUT2D eigenvalue weighted by atomic mass is 10.0. The Balaban J connectivity index is 1.68. The zero-order valence-electron chi connectivity index (χ0n) is 14.6. The second kappa shape index (κ2) is 7.88. The van der Waals surface area contributed by atoms with Crippen LogP contribution in [0.25, 0.3) is 5.69 Å². The van der Waals surface area contributed by atoms with Gasteiger partial charge < -0.3 is 11.1 Å². The number of nitrogens with zero attached hydrogens (tertiary/aromatic N) is 3. The van der Waals surface area contributed by atoms with Gasteiger partial charge in [-0.05, 0) is 31.9 Å². The molecule has 7 nitrogen and oxygen atoms in total. The van der Waals surface area contributed by atoms with E-state index >= 15 is 0 Å². The number of aryl methyl sites for hydroxylation is 1. The first-order valence-corrected chi connectivity index (χ1v) is 8.95. The Bertz CT molecular complexity index is 797. The van der Waals surface area contributed by atoms with Crippen LogP contribution >= 0.6 is 11.6 Å². The second-order valence-corrected chi connectivity index (χ2v) is 6.85. The Morgan fingerprint density at radius 1 is 1.27 bits per heavy atom. The molecule has 3 N–H and O–H groups in total. The third kappa shape index (κ3) is 4.05. The molecular weight excluding hydrogens is 354 g/mol. The Morgan fingerprint density at radius 2 is 1.92 bits per heavy atom. The van der Waals surface area contributed by atoms with Crippen molar-refractivity contribution in [1.29, 1.82) is 0 Å². The molecule has 26 heavy (non-hydrogen) atoms. The Morgan fingerprint density at radius 3 is 2.54 bits per heavy atom. The molecule has 0 bridgehead atoms. The third-order valence-electron chi connectivity index (χ3n) is 4.53. The maximum atomic E-state index is 12.7. The van der Waals surface area contributed by atoms with Crippen molar-refractivity contribution in [2.45, 2.75) is 25.8 Å². The topological polar surface area (TPSA) is 93.2 Å². The van der Waals surface area contributed by atoms with E-state index in [4.69, 9.17) is 17.3 Å². The van der Waals surface area contributed by atoms with E-state index in [9.17, 15) is 9.59 Å². The standard InChI is InChI=1S/C18H22ClN5O2/c1-12-16(17(19)24(22-12)14-5-3-2-4-6-14)18(26)21-13-7-9-23(10-8-13)11-15(20)25/h2-6,13H,7-11H2,1H3,(H2,20,25)(H,21,26). The number of aromatic nitrogens is 2. The molecule has 0 radical (unpaired) electrons. The number of primary amides is 1. The third-order valence-corrected chi connectivity index (χ3v) is 4.88. The fourth-order valence-corrected chi connectivity index (χ4v) is 3.57. The number of para-hydroxylation sites is 1. The first-order valence-electron chi connectivity index (χ1n) is 8.57. The van der Waals surface area contributed by atoms with Crippen molar-refractivity contribution in [3.8, 4) is 5.69 Å². The maximum absolute atomic E-state index is 12.7. The summed E-state index contributed by atoms with van der Waals surface area (Å²) in [5.41, 5.74) is 7.01. The highest BCUT2D eigenvalue weighted by Crippen LogP contribution is 2.24. The van der Waals surface area contributed by atoms with Gasteiger partial charge in [0.2, 0.25) is 5.91 Å². The number of nitrogens with two attached hydrogens (primary N) is 1. The molecule has 8 heteroatoms. The number of rotatable bonds is 5. The highest BCUT2D eigenvalue weighted by atomic mass is 35.5. The number of nitrogens with one attached hydrogen (secondary N) is 1. The smallest absolute Gasteiger partial charge is 0.256 e. The number of likely N-dealkylation sites (tertiary alicyclic amines) is 1. The van der Waals surface area contributed by atoms with Gasteiger partial charge in [0.15, 0.2) is 0 Å². The van der Waals surface area contributed by atoms with Crippen molar-refractivity contribution in [2.75, 3.05) is 19.6 Å². The lowest BCUT2D eigenvalue weighted by Gasteiger charge is -2.31. The summed E-state index contributed by atoms with van der Waals surface area (Å²) in [4.78, 5) is 25.7. The van der Waals surface area contributed by atoms with Crippen LogP contribution in [0.5, 0.6) is 0 Å². The zero-order chi connectivity index (χ0) is 18.7. The van der Waals surface area contributed by atoms with Gasteiger partial charge in [0, 0.05) is 19.1 Å². The second-order valence-electron chi connectivity index (χ2n) is 6.49. The molecule has 1 aromatic carbocycles. The number of carbonyl (C=O) groups is 2. The Labute approximate surface area is 157 Å². The van der Waals surface area contributed by atoms with Crippen LogP contribution in [0, 0.1) is 6.92 Å². The van der Waals surface area contributed by atoms with E-state index in [0.717, 1.165) is 31.6 Å². The van der Waals surface area contributed by atoms with E-state index in [2.05, 4.69) is 10.4 Å². The predicted octanol–water partition coefficient (Wildman–Crippen LogP) is 1.51. The monoisotopic (exact) mass is 375 g/mol. The minimum absolute atomic E-state index is 0.0437. The minimum atomic E-state index is -0.330. The summed E-state index contributed by atoms with van der Waals surface area (Å²) >= 11 is 6.44. The van der Waals surface area contributed by atoms with Crippen LogP contribution in [0.2, 0.25) is 5.15 Å². The summed E-state index contributed by atoms with van der Waals surface area (Å²) in [5.74, 6) is -0.550. The number of hydrogen-bond acceptors (Lipinski definition) is 4. The molecule has 138 valence electrons. The zero-order valence-corrected chi connectivity index (χ0v) is 15.4. The molecule has 2 heterocycles. The van der Waals surface area contributed by atoms with Gasteiger partial charge in [0.05, 0.1) is 23.5 Å². The normalized spacial score (nSPS) is 15.8. The molecule has 0 spiro atoms. The number of benzene rings is 1. The summed E-state index contributed by atoms with van der Waals surface area (Å²) in [6.07, 6.45) is 1.53. The molecule has 1 aliphatic heterocycles. The molecule has 2 aromatic rings. The number of carbonyl (C=O) groups excluding carboxylic acids is 2. The van der Waals surface area contributed by atoms with Gasteiger partial charge in [-0.2, -0.15) is 5.10 Å². The quantitative estimate of drug-likeness (QED) is 0.828. The Hall–Kier alpha value is -2.38. The Kier molecular flexibility index (Phi) is 5.58. The lowest BCUT2D eigenvalue weighted by molar-refractivity contribution is -0.119. The molecule has 1 aromatic heterocycles. The van der Waals surface area contributed by atoms with Crippen molar-refractivity contribution < 1.29 is 9.59 Å². The molecule has 3 rings (SSSR count). The van der Waals surface area contributed by atoms with Crippen LogP contribution < -0.4 is 11.1 Å². The highest BCUT2D eigenvalue weighted by molar-refractivity contribution is 6.33. The molecule has 1 aliphatic rings. The SMILES string of the molecule is Cc1nn(-c2ccccc2)c(Cl)c1C(=O)NC1CCN(CC(N)=O)CC1. The van der Waals surface area contributed by atoms with E-state index in [1.165, 1.54) is 0 Å². The van der Waals surface area contributed by atoms with Crippen molar-refractivity contribution in [3.05, 3.63) is 46.7 Å². The number of halogens is 1. The van der Waals surface area contributed by atoms with Crippen LogP contribution in [-0.2, 0) is 4.79 Å². The van der Waals surface area contributed by atoms with Crippen LogP contribution in [0.1, 0.15) is 28.9 Å². The summed E-state index contributed by atoms with van der Waals surface area (Å²) in [6.45, 7) is 3.49. The molecule has 1 fully saturated rings. The van der Waals surface area contributed by atoms with Gasteiger partial charge in [-0.15, -0.1) is 0 Å². The van der Waals surface area contributed by atoms with Crippen molar-refractivity contribution in [3.63, 3.8) is 0 Å². The molecule has 1 saturated heterocycles. The molecule has 2 amide bonds. The van der Waals surface area contributed by atoms with Crippen molar-refractivity contribution in [1.82, 2.24) is 20.0 Å².